The van der Waals surface area contributed by atoms with Gasteiger partial charge in [0.2, 0.25) is 11.8 Å². The maximum atomic E-state index is 14.6. The van der Waals surface area contributed by atoms with Gasteiger partial charge in [-0.05, 0) is 12.1 Å². The van der Waals surface area contributed by atoms with Crippen LogP contribution in [0.5, 0.6) is 0 Å². The average Bonchev–Trinajstić information content (AvgIpc) is 2.72. The molecule has 3 heterocycles. The summed E-state index contributed by atoms with van der Waals surface area (Å²) in [7, 11) is 0. The van der Waals surface area contributed by atoms with Gasteiger partial charge < -0.3 is 4.90 Å². The monoisotopic (exact) mass is 436 g/mol. The molecule has 6 nitrogen and oxygen atoms in total. The number of carbonyl (C=O) groups excluding carboxylic acids is 1. The number of hydrogen-bond donors (Lipinski definition) is 0. The van der Waals surface area contributed by atoms with Crippen molar-refractivity contribution < 1.29 is 18.0 Å². The smallest absolute Gasteiger partial charge is 0.291 e. The topological polar surface area (TPSA) is 68.1 Å². The number of hydrogen-bond acceptors (Lipinski definition) is 5. The van der Waals surface area contributed by atoms with Crippen LogP contribution in [0.3, 0.4) is 0 Å². The zero-order chi connectivity index (χ0) is 20.6. The Morgan fingerprint density at radius 3 is 2.40 bits per heavy atom. The fraction of sp³-hybridized carbons (Fsp3) is 0.200. The van der Waals surface area contributed by atoms with Crippen molar-refractivity contribution in [1.82, 2.24) is 14.5 Å². The minimum absolute atomic E-state index is 0. The molecule has 0 amide bonds. The van der Waals surface area contributed by atoms with Gasteiger partial charge in [-0.15, -0.1) is 12.4 Å². The Morgan fingerprint density at radius 2 is 1.73 bits per heavy atom. The van der Waals surface area contributed by atoms with Gasteiger partial charge in [0, 0.05) is 23.5 Å². The number of nitrogens with zero attached hydrogens (tertiary/aromatic N) is 4. The van der Waals surface area contributed by atoms with E-state index < -0.39 is 42.7 Å². The van der Waals surface area contributed by atoms with Crippen LogP contribution in [-0.4, -0.2) is 39.3 Å². The van der Waals surface area contributed by atoms with Gasteiger partial charge in [-0.1, -0.05) is 30.3 Å². The molecule has 0 atom stereocenters. The lowest BCUT2D eigenvalue weighted by atomic mass is 10.1. The van der Waals surface area contributed by atoms with E-state index in [0.717, 1.165) is 4.90 Å². The molecule has 0 unspecified atom stereocenters. The molecule has 0 saturated carbocycles. The second-order valence-electron chi connectivity index (χ2n) is 6.70. The number of carbonyl (C=O) groups is 1. The van der Waals surface area contributed by atoms with Gasteiger partial charge in [0.25, 0.3) is 11.5 Å². The number of fused-ring (bicyclic) bond motifs is 1. The molecule has 0 saturated heterocycles. The van der Waals surface area contributed by atoms with E-state index in [4.69, 9.17) is 0 Å². The van der Waals surface area contributed by atoms with E-state index in [1.54, 1.807) is 30.3 Å². The third-order valence-electron chi connectivity index (χ3n) is 4.57. The van der Waals surface area contributed by atoms with Crippen molar-refractivity contribution in [2.45, 2.75) is 12.5 Å². The first-order valence-corrected chi connectivity index (χ1v) is 8.77. The van der Waals surface area contributed by atoms with Crippen LogP contribution in [0.25, 0.3) is 11.3 Å². The van der Waals surface area contributed by atoms with Crippen molar-refractivity contribution in [1.29, 1.82) is 0 Å². The van der Waals surface area contributed by atoms with Crippen LogP contribution >= 0.6 is 12.4 Å². The molecule has 1 aliphatic heterocycles. The number of ketones is 1. The molecule has 0 N–H and O–H groups in total. The van der Waals surface area contributed by atoms with Crippen LogP contribution in [0, 0.1) is 5.82 Å². The second kappa shape index (κ2) is 8.27. The van der Waals surface area contributed by atoms with Crippen molar-refractivity contribution in [3.63, 3.8) is 0 Å². The van der Waals surface area contributed by atoms with Crippen molar-refractivity contribution in [3.8, 4) is 11.3 Å². The summed E-state index contributed by atoms with van der Waals surface area (Å²) in [4.78, 5) is 34.0. The molecule has 2 aromatic heterocycles. The third-order valence-corrected chi connectivity index (χ3v) is 4.57. The zero-order valence-corrected chi connectivity index (χ0v) is 16.3. The van der Waals surface area contributed by atoms with Crippen LogP contribution in [0.4, 0.5) is 19.1 Å². The lowest BCUT2D eigenvalue weighted by Crippen LogP contribution is -2.51. The highest BCUT2D eigenvalue weighted by molar-refractivity contribution is 5.99. The summed E-state index contributed by atoms with van der Waals surface area (Å²) in [5, 5.41) is 0. The van der Waals surface area contributed by atoms with Crippen molar-refractivity contribution in [2.75, 3.05) is 18.0 Å². The molecule has 0 spiro atoms. The summed E-state index contributed by atoms with van der Waals surface area (Å²) >= 11 is 0. The lowest BCUT2D eigenvalue weighted by Gasteiger charge is -2.35. The maximum Gasteiger partial charge on any atom is 0.291 e. The minimum atomic E-state index is -3.32. The highest BCUT2D eigenvalue weighted by atomic mass is 35.5. The van der Waals surface area contributed by atoms with Crippen LogP contribution in [0.2, 0.25) is 0 Å². The molecule has 10 heteroatoms. The summed E-state index contributed by atoms with van der Waals surface area (Å²) in [6.07, 6.45) is 2.80. The predicted octanol–water partition coefficient (Wildman–Crippen LogP) is 3.20. The molecule has 3 aromatic rings. The summed E-state index contributed by atoms with van der Waals surface area (Å²) in [6.45, 7) is -2.23. The van der Waals surface area contributed by atoms with Crippen molar-refractivity contribution in [2.24, 2.45) is 0 Å². The van der Waals surface area contributed by atoms with Gasteiger partial charge in [0.15, 0.2) is 5.78 Å². The quantitative estimate of drug-likeness (QED) is 0.587. The van der Waals surface area contributed by atoms with Gasteiger partial charge in [0.1, 0.15) is 5.69 Å². The Balaban J connectivity index is 0.00000256. The molecule has 30 heavy (non-hydrogen) atoms. The summed E-state index contributed by atoms with van der Waals surface area (Å²) in [5.74, 6) is -5.13. The number of halogens is 4. The Morgan fingerprint density at radius 1 is 1.07 bits per heavy atom. The zero-order valence-electron chi connectivity index (χ0n) is 15.5. The summed E-state index contributed by atoms with van der Waals surface area (Å²) < 4.78 is 43.7. The molecule has 0 fully saturated rings. The van der Waals surface area contributed by atoms with Crippen molar-refractivity contribution >= 4 is 24.1 Å². The summed E-state index contributed by atoms with van der Waals surface area (Å²) in [5.41, 5.74) is -0.860. The second-order valence-corrected chi connectivity index (χ2v) is 6.70. The number of alkyl halides is 2. The summed E-state index contributed by atoms with van der Waals surface area (Å²) in [6, 6.07) is 11.1. The van der Waals surface area contributed by atoms with Crippen LogP contribution in [-0.2, 0) is 6.54 Å². The van der Waals surface area contributed by atoms with E-state index in [1.807, 2.05) is 0 Å². The predicted molar refractivity (Wildman–Crippen MR) is 107 cm³/mol. The fourth-order valence-corrected chi connectivity index (χ4v) is 3.25. The molecule has 0 radical (unpaired) electrons. The fourth-order valence-electron chi connectivity index (χ4n) is 3.25. The molecular weight excluding hydrogens is 421 g/mol. The van der Waals surface area contributed by atoms with E-state index in [1.165, 1.54) is 24.5 Å². The van der Waals surface area contributed by atoms with Gasteiger partial charge >= 0.3 is 0 Å². The Labute approximate surface area is 175 Å². The molecule has 4 rings (SSSR count). The number of benzene rings is 1. The van der Waals surface area contributed by atoms with E-state index in [2.05, 4.69) is 9.97 Å². The van der Waals surface area contributed by atoms with Gasteiger partial charge in [-0.2, -0.15) is 4.39 Å². The number of Topliss-reactive ketones (excluding diaryl/α,β-unsaturated/α-hetero) is 1. The van der Waals surface area contributed by atoms with E-state index in [0.29, 0.717) is 10.1 Å². The van der Waals surface area contributed by atoms with Gasteiger partial charge in [-0.3, -0.25) is 19.1 Å². The molecule has 0 bridgehead atoms. The first-order chi connectivity index (χ1) is 13.9. The van der Waals surface area contributed by atoms with Crippen molar-refractivity contribution in [3.05, 3.63) is 76.6 Å². The molecule has 1 aromatic carbocycles. The normalized spacial score (nSPS) is 14.6. The highest BCUT2D eigenvalue weighted by Crippen LogP contribution is 2.30. The number of pyridine rings is 1. The number of anilines is 1. The molecule has 0 aliphatic carbocycles. The average molecular weight is 437 g/mol. The van der Waals surface area contributed by atoms with E-state index >= 15 is 0 Å². The molecular formula is C20H16ClF3N4O2. The van der Waals surface area contributed by atoms with Crippen LogP contribution < -0.4 is 10.5 Å². The lowest BCUT2D eigenvalue weighted by molar-refractivity contribution is -0.0175. The maximum absolute atomic E-state index is 14.6. The largest absolute Gasteiger partial charge is 0.328 e. The Kier molecular flexibility index (Phi) is 5.93. The minimum Gasteiger partial charge on any atom is -0.328 e. The molecule has 156 valence electrons. The van der Waals surface area contributed by atoms with Crippen LogP contribution in [0.15, 0.2) is 59.7 Å². The number of rotatable bonds is 4. The van der Waals surface area contributed by atoms with Gasteiger partial charge in [-0.25, -0.2) is 13.8 Å². The first-order valence-electron chi connectivity index (χ1n) is 8.77. The third kappa shape index (κ3) is 4.06. The SMILES string of the molecule is Cl.O=C(CN1CC(F)(F)Cn2c1nc(-c1ccncc1)c(F)c2=O)c1ccccc1. The first kappa shape index (κ1) is 21.5. The highest BCUT2D eigenvalue weighted by Gasteiger charge is 2.41. The Hall–Kier alpha value is -3.20. The Bertz CT molecular complexity index is 1120. The van der Waals surface area contributed by atoms with Gasteiger partial charge in [0.05, 0.1) is 19.6 Å². The van der Waals surface area contributed by atoms with Crippen LogP contribution in [0.1, 0.15) is 10.4 Å². The number of aromatic nitrogens is 3. The standard InChI is InChI=1S/C20H15F3N4O2.ClH/c21-16-17(14-6-8-24-9-7-14)25-19-26(10-15(28)13-4-2-1-3-5-13)11-20(22,23)12-27(19)18(16)29;/h1-9H,10-12H2;1H. The van der Waals surface area contributed by atoms with E-state index in [-0.39, 0.29) is 29.6 Å². The van der Waals surface area contributed by atoms with E-state index in [9.17, 15) is 22.8 Å². The molecule has 1 aliphatic rings.